The molecule has 1 amide bonds. The molecule has 1 unspecified atom stereocenters. The van der Waals surface area contributed by atoms with E-state index in [2.05, 4.69) is 33.8 Å². The Morgan fingerprint density at radius 1 is 1.45 bits per heavy atom. The highest BCUT2D eigenvalue weighted by molar-refractivity contribution is 5.85. The Morgan fingerprint density at radius 2 is 2.20 bits per heavy atom. The topological polar surface area (TPSA) is 56.7 Å². The van der Waals surface area contributed by atoms with Gasteiger partial charge in [-0.05, 0) is 19.9 Å². The molecule has 4 aliphatic rings. The molecular formula is C14H22N5O+. The van der Waals surface area contributed by atoms with Crippen molar-refractivity contribution in [3.8, 4) is 0 Å². The molecule has 0 bridgehead atoms. The second-order valence-corrected chi connectivity index (χ2v) is 6.69. The van der Waals surface area contributed by atoms with Crippen LogP contribution in [0.15, 0.2) is 16.9 Å². The van der Waals surface area contributed by atoms with E-state index >= 15 is 0 Å². The van der Waals surface area contributed by atoms with Gasteiger partial charge in [-0.25, -0.2) is 9.48 Å². The molecule has 4 aliphatic heterocycles. The van der Waals surface area contributed by atoms with Gasteiger partial charge in [0.2, 0.25) is 5.91 Å². The maximum atomic E-state index is 12.2. The van der Waals surface area contributed by atoms with Crippen LogP contribution < -0.4 is 10.6 Å². The summed E-state index contributed by atoms with van der Waals surface area (Å²) in [6.45, 7) is 4.38. The normalized spacial score (nSPS) is 33.8. The summed E-state index contributed by atoms with van der Waals surface area (Å²) in [4.78, 5) is 19.0. The van der Waals surface area contributed by atoms with E-state index < -0.39 is 0 Å². The number of carbonyl (C=O) groups is 1. The number of quaternary nitrogens is 1. The van der Waals surface area contributed by atoms with Crippen molar-refractivity contribution in [3.05, 3.63) is 11.9 Å². The van der Waals surface area contributed by atoms with Crippen molar-refractivity contribution in [1.82, 2.24) is 15.5 Å². The lowest BCUT2D eigenvalue weighted by Crippen LogP contribution is -2.56. The van der Waals surface area contributed by atoms with E-state index in [1.807, 2.05) is 6.34 Å². The van der Waals surface area contributed by atoms with Gasteiger partial charge in [0.05, 0.1) is 11.7 Å². The SMILES string of the molecule is CN1CCC2(CC1)NC(=O)C(CC1=C[N+]3(C=N1)CC3)N2. The fraction of sp³-hybridized carbons (Fsp3) is 0.714. The van der Waals surface area contributed by atoms with Crippen molar-refractivity contribution >= 4 is 12.2 Å². The molecule has 0 saturated carbocycles. The number of likely N-dealkylation sites (tertiary alicyclic amines) is 1. The zero-order valence-electron chi connectivity index (χ0n) is 11.9. The molecule has 108 valence electrons. The monoisotopic (exact) mass is 276 g/mol. The summed E-state index contributed by atoms with van der Waals surface area (Å²) in [7, 11) is 2.13. The summed E-state index contributed by atoms with van der Waals surface area (Å²) in [6.07, 6.45) is 6.88. The third-order valence-electron chi connectivity index (χ3n) is 4.98. The fourth-order valence-electron chi connectivity index (χ4n) is 3.40. The maximum absolute atomic E-state index is 12.2. The van der Waals surface area contributed by atoms with E-state index in [-0.39, 0.29) is 17.6 Å². The average Bonchev–Trinajstić information content (AvgIpc) is 2.95. The lowest BCUT2D eigenvalue weighted by molar-refractivity contribution is -0.625. The summed E-state index contributed by atoms with van der Waals surface area (Å²) < 4.78 is 0.902. The number of piperidine rings is 1. The predicted molar refractivity (Wildman–Crippen MR) is 75.7 cm³/mol. The van der Waals surface area contributed by atoms with E-state index in [1.54, 1.807) is 0 Å². The molecule has 4 heterocycles. The standard InChI is InChI=1S/C14H21N5O/c1-18-4-2-14(3-5-18)16-12(13(20)17-14)8-11-9-19(6-7-19)10-15-11/h9-10,12,16H,2-8H2,1H3/p+1. The van der Waals surface area contributed by atoms with Crippen LogP contribution in [-0.4, -0.2) is 66.6 Å². The molecule has 0 aliphatic carbocycles. The van der Waals surface area contributed by atoms with Crippen LogP contribution in [0, 0.1) is 0 Å². The largest absolute Gasteiger partial charge is 0.337 e. The van der Waals surface area contributed by atoms with E-state index in [0.717, 1.165) is 49.2 Å². The first-order valence-corrected chi connectivity index (χ1v) is 7.50. The first-order chi connectivity index (χ1) is 9.58. The molecule has 2 N–H and O–H groups in total. The van der Waals surface area contributed by atoms with E-state index in [1.165, 1.54) is 0 Å². The summed E-state index contributed by atoms with van der Waals surface area (Å²) in [5, 5.41) is 6.73. The third-order valence-corrected chi connectivity index (χ3v) is 4.98. The number of amides is 1. The first kappa shape index (κ1) is 12.5. The van der Waals surface area contributed by atoms with Crippen molar-refractivity contribution < 1.29 is 9.28 Å². The Hall–Kier alpha value is -1.24. The molecule has 0 aromatic carbocycles. The van der Waals surface area contributed by atoms with Crippen molar-refractivity contribution in [2.75, 3.05) is 33.2 Å². The molecule has 2 spiro atoms. The number of rotatable bonds is 2. The highest BCUT2D eigenvalue weighted by atomic mass is 16.2. The van der Waals surface area contributed by atoms with Crippen LogP contribution in [0.4, 0.5) is 0 Å². The second kappa shape index (κ2) is 4.13. The summed E-state index contributed by atoms with van der Waals surface area (Å²) in [5.41, 5.74) is 0.878. The molecule has 0 radical (unpaired) electrons. The molecule has 3 fully saturated rings. The summed E-state index contributed by atoms with van der Waals surface area (Å²) in [5.74, 6) is 0.134. The van der Waals surface area contributed by atoms with Gasteiger partial charge in [0.15, 0.2) is 6.34 Å². The molecule has 3 saturated heterocycles. The number of hydrogen-bond acceptors (Lipinski definition) is 4. The van der Waals surface area contributed by atoms with Crippen molar-refractivity contribution in [1.29, 1.82) is 0 Å². The molecule has 4 rings (SSSR count). The zero-order valence-corrected chi connectivity index (χ0v) is 11.9. The zero-order chi connectivity index (χ0) is 13.8. The van der Waals surface area contributed by atoms with Gasteiger partial charge in [0, 0.05) is 19.5 Å². The molecular weight excluding hydrogens is 254 g/mol. The van der Waals surface area contributed by atoms with Crippen molar-refractivity contribution in [2.45, 2.75) is 31.0 Å². The Morgan fingerprint density at radius 3 is 2.85 bits per heavy atom. The van der Waals surface area contributed by atoms with Crippen LogP contribution in [0.1, 0.15) is 19.3 Å². The van der Waals surface area contributed by atoms with E-state index in [9.17, 15) is 4.79 Å². The number of hydrogen-bond donors (Lipinski definition) is 2. The molecule has 1 atom stereocenters. The minimum absolute atomic E-state index is 0.125. The summed E-state index contributed by atoms with van der Waals surface area (Å²) in [6, 6.07) is -0.125. The number of nitrogens with zero attached hydrogens (tertiary/aromatic N) is 3. The number of carbonyl (C=O) groups excluding carboxylic acids is 1. The van der Waals surface area contributed by atoms with E-state index in [4.69, 9.17) is 0 Å². The maximum Gasteiger partial charge on any atom is 0.239 e. The minimum Gasteiger partial charge on any atom is -0.337 e. The van der Waals surface area contributed by atoms with Gasteiger partial charge in [-0.1, -0.05) is 0 Å². The van der Waals surface area contributed by atoms with E-state index in [0.29, 0.717) is 6.42 Å². The van der Waals surface area contributed by atoms with Gasteiger partial charge in [-0.3, -0.25) is 10.1 Å². The molecule has 0 aromatic rings. The molecule has 0 aromatic heterocycles. The lowest BCUT2D eigenvalue weighted by atomic mass is 9.98. The van der Waals surface area contributed by atoms with Gasteiger partial charge >= 0.3 is 0 Å². The van der Waals surface area contributed by atoms with Crippen molar-refractivity contribution in [2.24, 2.45) is 4.99 Å². The highest BCUT2D eigenvalue weighted by Gasteiger charge is 2.47. The molecule has 6 heteroatoms. The van der Waals surface area contributed by atoms with Crippen LogP contribution in [0.2, 0.25) is 0 Å². The van der Waals surface area contributed by atoms with Crippen molar-refractivity contribution in [3.63, 3.8) is 0 Å². The molecule has 6 nitrogen and oxygen atoms in total. The van der Waals surface area contributed by atoms with Crippen LogP contribution in [0.5, 0.6) is 0 Å². The lowest BCUT2D eigenvalue weighted by Gasteiger charge is -2.37. The number of nitrogens with one attached hydrogen (secondary N) is 2. The minimum atomic E-state index is -0.177. The van der Waals surface area contributed by atoms with Crippen LogP contribution in [-0.2, 0) is 4.79 Å². The van der Waals surface area contributed by atoms with Gasteiger partial charge in [0.1, 0.15) is 25.0 Å². The molecule has 20 heavy (non-hydrogen) atoms. The highest BCUT2D eigenvalue weighted by Crippen LogP contribution is 2.30. The average molecular weight is 276 g/mol. The van der Waals surface area contributed by atoms with Gasteiger partial charge in [-0.2, -0.15) is 0 Å². The smallest absolute Gasteiger partial charge is 0.239 e. The van der Waals surface area contributed by atoms with Crippen LogP contribution in [0.3, 0.4) is 0 Å². The Bertz CT molecular complexity index is 500. The fourth-order valence-corrected chi connectivity index (χ4v) is 3.40. The van der Waals surface area contributed by atoms with Gasteiger partial charge < -0.3 is 10.2 Å². The Labute approximate surface area is 119 Å². The predicted octanol–water partition coefficient (Wildman–Crippen LogP) is -0.400. The Balaban J connectivity index is 1.43. The first-order valence-electron chi connectivity index (χ1n) is 7.50. The second-order valence-electron chi connectivity index (χ2n) is 6.69. The number of aliphatic imine (C=N–C) groups is 1. The third kappa shape index (κ3) is 2.08. The quantitative estimate of drug-likeness (QED) is 0.533. The summed E-state index contributed by atoms with van der Waals surface area (Å²) >= 11 is 0. The van der Waals surface area contributed by atoms with Crippen LogP contribution >= 0.6 is 0 Å². The van der Waals surface area contributed by atoms with Crippen LogP contribution in [0.25, 0.3) is 0 Å². The Kier molecular flexibility index (Phi) is 2.58. The van der Waals surface area contributed by atoms with Gasteiger partial charge in [-0.15, -0.1) is 0 Å². The van der Waals surface area contributed by atoms with Gasteiger partial charge in [0.25, 0.3) is 0 Å².